The van der Waals surface area contributed by atoms with Gasteiger partial charge in [-0.25, -0.2) is 13.1 Å². The zero-order valence-electron chi connectivity index (χ0n) is 10.3. The van der Waals surface area contributed by atoms with Gasteiger partial charge in [-0.1, -0.05) is 12.1 Å². The lowest BCUT2D eigenvalue weighted by atomic mass is 10.3. The lowest BCUT2D eigenvalue weighted by Crippen LogP contribution is -2.19. The van der Waals surface area contributed by atoms with Crippen LogP contribution in [0.5, 0.6) is 11.5 Å². The van der Waals surface area contributed by atoms with Crippen molar-refractivity contribution in [3.8, 4) is 11.5 Å². The first-order valence-corrected chi connectivity index (χ1v) is 7.07. The molecule has 2 rings (SSSR count). The number of hydrogen-bond acceptors (Lipinski definition) is 4. The van der Waals surface area contributed by atoms with Crippen molar-refractivity contribution in [1.82, 2.24) is 4.72 Å². The van der Waals surface area contributed by atoms with Gasteiger partial charge in [0.2, 0.25) is 10.0 Å². The van der Waals surface area contributed by atoms with E-state index in [2.05, 4.69) is 4.72 Å². The number of hydrogen-bond donors (Lipinski definition) is 2. The van der Waals surface area contributed by atoms with Crippen molar-refractivity contribution in [1.29, 1.82) is 0 Å². The average molecular weight is 278 g/mol. The number of anilines is 1. The Hall–Kier alpha value is -2.05. The molecule has 0 radical (unpaired) electrons. The first kappa shape index (κ1) is 13.4. The molecule has 0 aliphatic heterocycles. The van der Waals surface area contributed by atoms with E-state index in [4.69, 9.17) is 10.5 Å². The molecular formula is C13H14N2O3S. The van der Waals surface area contributed by atoms with Crippen LogP contribution in [0.4, 0.5) is 5.69 Å². The van der Waals surface area contributed by atoms with E-state index >= 15 is 0 Å². The van der Waals surface area contributed by atoms with Gasteiger partial charge in [-0.2, -0.15) is 0 Å². The zero-order valence-corrected chi connectivity index (χ0v) is 11.1. The minimum absolute atomic E-state index is 0.0920. The molecule has 0 heterocycles. The van der Waals surface area contributed by atoms with Crippen molar-refractivity contribution >= 4 is 15.7 Å². The Morgan fingerprint density at radius 2 is 1.68 bits per heavy atom. The predicted octanol–water partition coefficient (Wildman–Crippen LogP) is 1.97. The largest absolute Gasteiger partial charge is 0.456 e. The Kier molecular flexibility index (Phi) is 3.73. The van der Waals surface area contributed by atoms with E-state index in [-0.39, 0.29) is 10.6 Å². The maximum Gasteiger partial charge on any atom is 0.244 e. The van der Waals surface area contributed by atoms with E-state index in [9.17, 15) is 8.42 Å². The highest BCUT2D eigenvalue weighted by molar-refractivity contribution is 7.89. The topological polar surface area (TPSA) is 81.4 Å². The van der Waals surface area contributed by atoms with Gasteiger partial charge < -0.3 is 10.5 Å². The van der Waals surface area contributed by atoms with E-state index < -0.39 is 10.0 Å². The summed E-state index contributed by atoms with van der Waals surface area (Å²) in [5.74, 6) is 0.787. The summed E-state index contributed by atoms with van der Waals surface area (Å²) in [6.45, 7) is 0. The highest BCUT2D eigenvalue weighted by Crippen LogP contribution is 2.28. The number of para-hydroxylation sites is 1. The summed E-state index contributed by atoms with van der Waals surface area (Å²) >= 11 is 0. The van der Waals surface area contributed by atoms with E-state index in [1.807, 2.05) is 0 Å². The summed E-state index contributed by atoms with van der Waals surface area (Å²) in [6.07, 6.45) is 0. The van der Waals surface area contributed by atoms with Gasteiger partial charge in [-0.15, -0.1) is 0 Å². The molecule has 0 atom stereocenters. The molecule has 6 heteroatoms. The van der Waals surface area contributed by atoms with Crippen LogP contribution in [0.3, 0.4) is 0 Å². The molecule has 0 aromatic heterocycles. The van der Waals surface area contributed by atoms with Crippen molar-refractivity contribution in [2.24, 2.45) is 0 Å². The number of ether oxygens (including phenoxy) is 1. The molecule has 0 aliphatic rings. The number of benzene rings is 2. The first-order chi connectivity index (χ1) is 9.03. The Bertz CT molecular complexity index is 667. The number of nitrogens with one attached hydrogen (secondary N) is 1. The molecule has 100 valence electrons. The van der Waals surface area contributed by atoms with Gasteiger partial charge in [-0.3, -0.25) is 0 Å². The summed E-state index contributed by atoms with van der Waals surface area (Å²) in [4.78, 5) is 0.0920. The van der Waals surface area contributed by atoms with Crippen LogP contribution in [0.15, 0.2) is 53.4 Å². The van der Waals surface area contributed by atoms with Crippen molar-refractivity contribution in [2.45, 2.75) is 4.90 Å². The van der Waals surface area contributed by atoms with Gasteiger partial charge in [0.25, 0.3) is 0 Å². The van der Waals surface area contributed by atoms with Crippen LogP contribution in [0.1, 0.15) is 0 Å². The molecule has 0 amide bonds. The molecule has 0 spiro atoms. The van der Waals surface area contributed by atoms with Gasteiger partial charge in [-0.05, 0) is 43.4 Å². The third kappa shape index (κ3) is 3.04. The fraction of sp³-hybridized carbons (Fsp3) is 0.0769. The van der Waals surface area contributed by atoms with Crippen LogP contribution < -0.4 is 15.2 Å². The maximum atomic E-state index is 11.9. The first-order valence-electron chi connectivity index (χ1n) is 5.59. The maximum absolute atomic E-state index is 11.9. The minimum Gasteiger partial charge on any atom is -0.456 e. The lowest BCUT2D eigenvalue weighted by molar-refractivity contribution is 0.467. The van der Waals surface area contributed by atoms with E-state index in [1.165, 1.54) is 13.1 Å². The van der Waals surface area contributed by atoms with Crippen molar-refractivity contribution in [2.75, 3.05) is 12.8 Å². The van der Waals surface area contributed by atoms with Gasteiger partial charge in [0.1, 0.15) is 16.4 Å². The standard InChI is InChI=1S/C13H14N2O3S/c1-15-19(16,17)13-5-3-2-4-12(13)18-11-8-6-10(14)7-9-11/h2-9,15H,14H2,1H3. The summed E-state index contributed by atoms with van der Waals surface area (Å²) in [5.41, 5.74) is 6.19. The lowest BCUT2D eigenvalue weighted by Gasteiger charge is -2.11. The third-order valence-electron chi connectivity index (χ3n) is 2.52. The average Bonchev–Trinajstić information content (AvgIpc) is 2.42. The highest BCUT2D eigenvalue weighted by atomic mass is 32.2. The van der Waals surface area contributed by atoms with Crippen LogP contribution in [0.2, 0.25) is 0 Å². The van der Waals surface area contributed by atoms with Crippen molar-refractivity contribution in [3.05, 3.63) is 48.5 Å². The van der Waals surface area contributed by atoms with Crippen LogP contribution in [0.25, 0.3) is 0 Å². The summed E-state index contributed by atoms with van der Waals surface area (Å²) < 4.78 is 31.6. The van der Waals surface area contributed by atoms with Crippen LogP contribution >= 0.6 is 0 Å². The second-order valence-corrected chi connectivity index (χ2v) is 5.68. The Morgan fingerprint density at radius 1 is 1.05 bits per heavy atom. The molecule has 0 unspecified atom stereocenters. The SMILES string of the molecule is CNS(=O)(=O)c1ccccc1Oc1ccc(N)cc1. The molecule has 0 saturated heterocycles. The van der Waals surface area contributed by atoms with E-state index in [0.717, 1.165) is 0 Å². The molecule has 0 bridgehead atoms. The summed E-state index contributed by atoms with van der Waals surface area (Å²) in [5, 5.41) is 0. The molecular weight excluding hydrogens is 264 g/mol. The van der Waals surface area contributed by atoms with Crippen LogP contribution in [-0.4, -0.2) is 15.5 Å². The Balaban J connectivity index is 2.38. The molecule has 5 nitrogen and oxygen atoms in total. The van der Waals surface area contributed by atoms with Crippen molar-refractivity contribution in [3.63, 3.8) is 0 Å². The van der Waals surface area contributed by atoms with Crippen molar-refractivity contribution < 1.29 is 13.2 Å². The normalized spacial score (nSPS) is 11.2. The van der Waals surface area contributed by atoms with E-state index in [1.54, 1.807) is 42.5 Å². The zero-order chi connectivity index (χ0) is 13.9. The quantitative estimate of drug-likeness (QED) is 0.838. The molecule has 19 heavy (non-hydrogen) atoms. The van der Waals surface area contributed by atoms with E-state index in [0.29, 0.717) is 11.4 Å². The molecule has 0 aliphatic carbocycles. The van der Waals surface area contributed by atoms with Gasteiger partial charge in [0.15, 0.2) is 0 Å². The predicted molar refractivity (Wildman–Crippen MR) is 73.6 cm³/mol. The van der Waals surface area contributed by atoms with Crippen LogP contribution in [0, 0.1) is 0 Å². The Labute approximate surface area is 112 Å². The number of sulfonamides is 1. The second kappa shape index (κ2) is 5.29. The molecule has 3 N–H and O–H groups in total. The second-order valence-electron chi connectivity index (χ2n) is 3.83. The number of nitrogen functional groups attached to an aromatic ring is 1. The molecule has 0 fully saturated rings. The minimum atomic E-state index is -3.56. The molecule has 2 aromatic rings. The Morgan fingerprint density at radius 3 is 2.32 bits per heavy atom. The fourth-order valence-corrected chi connectivity index (χ4v) is 2.38. The highest BCUT2D eigenvalue weighted by Gasteiger charge is 2.17. The van der Waals surface area contributed by atoms with Gasteiger partial charge in [0, 0.05) is 5.69 Å². The molecule has 0 saturated carbocycles. The third-order valence-corrected chi connectivity index (χ3v) is 3.97. The van der Waals surface area contributed by atoms with Crippen LogP contribution in [-0.2, 0) is 10.0 Å². The smallest absolute Gasteiger partial charge is 0.244 e. The fourth-order valence-electron chi connectivity index (χ4n) is 1.53. The summed E-state index contributed by atoms with van der Waals surface area (Å²) in [7, 11) is -2.20. The number of rotatable bonds is 4. The monoisotopic (exact) mass is 278 g/mol. The molecule has 2 aromatic carbocycles. The summed E-state index contributed by atoms with van der Waals surface area (Å²) in [6, 6.07) is 13.2. The van der Waals surface area contributed by atoms with Gasteiger partial charge >= 0.3 is 0 Å². The van der Waals surface area contributed by atoms with Gasteiger partial charge in [0.05, 0.1) is 0 Å². The number of nitrogens with two attached hydrogens (primary N) is 1.